The minimum atomic E-state index is -0.595. The number of hydrogen-bond donors (Lipinski definition) is 1. The van der Waals surface area contributed by atoms with E-state index in [0.29, 0.717) is 18.4 Å². The molecule has 0 aliphatic carbocycles. The van der Waals surface area contributed by atoms with E-state index in [2.05, 4.69) is 9.97 Å². The van der Waals surface area contributed by atoms with E-state index < -0.39 is 11.3 Å². The van der Waals surface area contributed by atoms with Crippen LogP contribution in [0.1, 0.15) is 25.8 Å². The maximum absolute atomic E-state index is 11.4. The second-order valence-corrected chi connectivity index (χ2v) is 3.82. The average Bonchev–Trinajstić information content (AvgIpc) is 2.28. The smallest absolute Gasteiger partial charge is 0.351 e. The van der Waals surface area contributed by atoms with E-state index in [4.69, 9.17) is 9.15 Å². The van der Waals surface area contributed by atoms with Crippen LogP contribution in [0.15, 0.2) is 20.1 Å². The maximum Gasteiger partial charge on any atom is 0.351 e. The molecule has 0 aliphatic rings. The molecule has 0 radical (unpaired) electrons. The van der Waals surface area contributed by atoms with Gasteiger partial charge in [-0.1, -0.05) is 13.3 Å². The third-order valence-corrected chi connectivity index (χ3v) is 2.48. The van der Waals surface area contributed by atoms with Gasteiger partial charge in [0.25, 0.3) is 0 Å². The van der Waals surface area contributed by atoms with Crippen molar-refractivity contribution in [3.63, 3.8) is 0 Å². The van der Waals surface area contributed by atoms with Gasteiger partial charge in [0.1, 0.15) is 5.39 Å². The summed E-state index contributed by atoms with van der Waals surface area (Å²) in [7, 11) is 0. The molecule has 1 N–H and O–H groups in total. The lowest BCUT2D eigenvalue weighted by Crippen LogP contribution is -2.15. The second-order valence-electron chi connectivity index (χ2n) is 3.82. The van der Waals surface area contributed by atoms with Crippen LogP contribution in [0.25, 0.3) is 11.1 Å². The molecule has 0 bridgehead atoms. The van der Waals surface area contributed by atoms with Crippen molar-refractivity contribution in [2.24, 2.45) is 0 Å². The van der Waals surface area contributed by atoms with Crippen LogP contribution in [-0.4, -0.2) is 16.6 Å². The number of fused-ring (bicyclic) bond motifs is 1. The summed E-state index contributed by atoms with van der Waals surface area (Å²) in [6.45, 7) is 4.18. The van der Waals surface area contributed by atoms with E-state index in [1.165, 1.54) is 6.07 Å². The van der Waals surface area contributed by atoms with Crippen LogP contribution < -0.4 is 16.1 Å². The molecule has 0 saturated carbocycles. The predicted molar refractivity (Wildman–Crippen MR) is 66.1 cm³/mol. The molecule has 0 aromatic carbocycles. The first-order valence-corrected chi connectivity index (χ1v) is 5.85. The second kappa shape index (κ2) is 5.03. The van der Waals surface area contributed by atoms with E-state index in [0.717, 1.165) is 12.0 Å². The number of hydrogen-bond acceptors (Lipinski definition) is 5. The van der Waals surface area contributed by atoms with E-state index in [1.54, 1.807) is 6.92 Å². The van der Waals surface area contributed by atoms with Gasteiger partial charge in [0.2, 0.25) is 11.6 Å². The summed E-state index contributed by atoms with van der Waals surface area (Å²) >= 11 is 0. The number of nitrogens with zero attached hydrogens (tertiary/aromatic N) is 1. The van der Waals surface area contributed by atoms with Gasteiger partial charge < -0.3 is 9.15 Å². The molecule has 0 saturated heterocycles. The first-order chi connectivity index (χ1) is 8.65. The van der Waals surface area contributed by atoms with Crippen molar-refractivity contribution in [2.45, 2.75) is 26.7 Å². The van der Waals surface area contributed by atoms with Crippen LogP contribution in [0.4, 0.5) is 0 Å². The Kier molecular flexibility index (Phi) is 3.45. The van der Waals surface area contributed by atoms with Crippen molar-refractivity contribution < 1.29 is 9.15 Å². The van der Waals surface area contributed by atoms with Crippen LogP contribution >= 0.6 is 0 Å². The quantitative estimate of drug-likeness (QED) is 0.882. The predicted octanol–water partition coefficient (Wildman–Crippen LogP) is 1.23. The molecule has 0 atom stereocenters. The Morgan fingerprint density at radius 1 is 1.39 bits per heavy atom. The zero-order valence-electron chi connectivity index (χ0n) is 10.3. The Labute approximate surface area is 103 Å². The fourth-order valence-corrected chi connectivity index (χ4v) is 1.84. The van der Waals surface area contributed by atoms with E-state index >= 15 is 0 Å². The largest absolute Gasteiger partial charge is 0.477 e. The van der Waals surface area contributed by atoms with Gasteiger partial charge in [-0.3, -0.25) is 4.98 Å². The first kappa shape index (κ1) is 12.3. The number of ether oxygens (including phenoxy) is 1. The molecule has 2 aromatic heterocycles. The summed E-state index contributed by atoms with van der Waals surface area (Å²) in [5.74, 6) is 0.212. The highest BCUT2D eigenvalue weighted by Crippen LogP contribution is 2.23. The number of H-pyrrole nitrogens is 1. The molecule has 6 heteroatoms. The topological polar surface area (TPSA) is 85.2 Å². The molecular weight excluding hydrogens is 236 g/mol. The van der Waals surface area contributed by atoms with Crippen LogP contribution in [0.3, 0.4) is 0 Å². The summed E-state index contributed by atoms with van der Waals surface area (Å²) in [6, 6.07) is 1.41. The Morgan fingerprint density at radius 2 is 2.17 bits per heavy atom. The number of aromatic amines is 1. The molecule has 0 fully saturated rings. The van der Waals surface area contributed by atoms with Gasteiger partial charge in [-0.05, 0) is 18.9 Å². The molecule has 6 nitrogen and oxygen atoms in total. The molecule has 18 heavy (non-hydrogen) atoms. The van der Waals surface area contributed by atoms with E-state index in [-0.39, 0.29) is 11.6 Å². The Balaban J connectivity index is 2.81. The standard InChI is InChI=1S/C12H14N2O4/c1-3-5-7-6-8(15)18-11-9(7)10(17-4-2)13-12(16)14-11/h6H,3-5H2,1-2H3,(H,13,14,16). The number of rotatable bonds is 4. The Bertz CT molecular complexity index is 617. The van der Waals surface area contributed by atoms with Gasteiger partial charge in [-0.25, -0.2) is 9.59 Å². The number of nitrogens with one attached hydrogen (secondary N) is 1. The summed E-state index contributed by atoms with van der Waals surface area (Å²) in [5.41, 5.74) is -0.191. The van der Waals surface area contributed by atoms with Crippen molar-refractivity contribution in [2.75, 3.05) is 6.61 Å². The lowest BCUT2D eigenvalue weighted by atomic mass is 10.1. The summed E-state index contributed by atoms with van der Waals surface area (Å²) < 4.78 is 10.3. The normalized spacial score (nSPS) is 10.8. The van der Waals surface area contributed by atoms with E-state index in [1.807, 2.05) is 6.92 Å². The minimum absolute atomic E-state index is 0.120. The van der Waals surface area contributed by atoms with Crippen molar-refractivity contribution in [1.29, 1.82) is 0 Å². The SMILES string of the molecule is CCCc1cc(=O)oc2[nH]c(=O)nc(OCC)c12. The Hall–Kier alpha value is -2.11. The van der Waals surface area contributed by atoms with Gasteiger partial charge in [-0.2, -0.15) is 4.98 Å². The maximum atomic E-state index is 11.4. The van der Waals surface area contributed by atoms with Gasteiger partial charge in [0.15, 0.2) is 0 Å². The zero-order valence-corrected chi connectivity index (χ0v) is 10.3. The van der Waals surface area contributed by atoms with Gasteiger partial charge in [0, 0.05) is 6.07 Å². The lowest BCUT2D eigenvalue weighted by Gasteiger charge is -2.08. The molecule has 0 aliphatic heterocycles. The third kappa shape index (κ3) is 2.27. The summed E-state index contributed by atoms with van der Waals surface area (Å²) in [6.07, 6.45) is 1.55. The van der Waals surface area contributed by atoms with Crippen molar-refractivity contribution >= 4 is 11.1 Å². The van der Waals surface area contributed by atoms with Crippen LogP contribution in [0.5, 0.6) is 5.88 Å². The third-order valence-electron chi connectivity index (χ3n) is 2.48. The van der Waals surface area contributed by atoms with Crippen LogP contribution in [0.2, 0.25) is 0 Å². The summed E-state index contributed by atoms with van der Waals surface area (Å²) in [5, 5.41) is 0.568. The minimum Gasteiger partial charge on any atom is -0.477 e. The molecule has 96 valence electrons. The molecule has 2 heterocycles. The monoisotopic (exact) mass is 250 g/mol. The molecule has 0 amide bonds. The highest BCUT2D eigenvalue weighted by molar-refractivity contribution is 5.82. The molecule has 0 spiro atoms. The van der Waals surface area contributed by atoms with Crippen molar-refractivity contribution in [3.05, 3.63) is 32.5 Å². The highest BCUT2D eigenvalue weighted by Gasteiger charge is 2.13. The lowest BCUT2D eigenvalue weighted by molar-refractivity contribution is 0.328. The number of aromatic nitrogens is 2. The van der Waals surface area contributed by atoms with Crippen molar-refractivity contribution in [1.82, 2.24) is 9.97 Å². The van der Waals surface area contributed by atoms with Gasteiger partial charge in [-0.15, -0.1) is 0 Å². The molecule has 2 aromatic rings. The molecule has 2 rings (SSSR count). The van der Waals surface area contributed by atoms with Gasteiger partial charge >= 0.3 is 11.3 Å². The first-order valence-electron chi connectivity index (χ1n) is 5.85. The Morgan fingerprint density at radius 3 is 2.83 bits per heavy atom. The van der Waals surface area contributed by atoms with Crippen LogP contribution in [-0.2, 0) is 6.42 Å². The molecular formula is C12H14N2O4. The van der Waals surface area contributed by atoms with Crippen molar-refractivity contribution in [3.8, 4) is 5.88 Å². The van der Waals surface area contributed by atoms with E-state index in [9.17, 15) is 9.59 Å². The number of aryl methyl sites for hydroxylation is 1. The summed E-state index contributed by atoms with van der Waals surface area (Å²) in [4.78, 5) is 28.9. The zero-order chi connectivity index (χ0) is 13.1. The molecule has 0 unspecified atom stereocenters. The fraction of sp³-hybridized carbons (Fsp3) is 0.417. The average molecular weight is 250 g/mol. The fourth-order valence-electron chi connectivity index (χ4n) is 1.84. The highest BCUT2D eigenvalue weighted by atomic mass is 16.5. The van der Waals surface area contributed by atoms with Crippen LogP contribution in [0, 0.1) is 0 Å². The van der Waals surface area contributed by atoms with Gasteiger partial charge in [0.05, 0.1) is 6.61 Å².